The molecule has 1 heterocycles. The van der Waals surface area contributed by atoms with E-state index in [0.717, 1.165) is 4.70 Å². The number of nitrogens with zero attached hydrogens (tertiary/aromatic N) is 3. The first kappa shape index (κ1) is 26.8. The van der Waals surface area contributed by atoms with Crippen LogP contribution in [0.4, 0.5) is 5.13 Å². The van der Waals surface area contributed by atoms with E-state index >= 15 is 0 Å². The van der Waals surface area contributed by atoms with Gasteiger partial charge in [0, 0.05) is 31.6 Å². The standard InChI is InChI=1S/C22H27N3O5S2.ClH/c1-24(2)11-12-25(21(26)10-13-32(27,28)16-8-6-5-7-9-16)22-23-17-14-18(29-3)19(30-4)15-20(17)31-22;/h5-9,14-15H,10-13H2,1-4H3;1H. The monoisotopic (exact) mass is 513 g/mol. The predicted octanol–water partition coefficient (Wildman–Crippen LogP) is 3.49. The molecule has 0 bridgehead atoms. The van der Waals surface area contributed by atoms with Crippen LogP contribution in [0.1, 0.15) is 6.42 Å². The number of thiazole rings is 1. The summed E-state index contributed by atoms with van der Waals surface area (Å²) in [6.07, 6.45) is -0.132. The summed E-state index contributed by atoms with van der Waals surface area (Å²) >= 11 is 1.35. The molecule has 0 radical (unpaired) electrons. The summed E-state index contributed by atoms with van der Waals surface area (Å²) in [5.74, 6) is 0.581. The van der Waals surface area contributed by atoms with Crippen LogP contribution in [0.15, 0.2) is 47.4 Å². The maximum Gasteiger partial charge on any atom is 0.229 e. The number of benzene rings is 2. The molecule has 0 fully saturated rings. The lowest BCUT2D eigenvalue weighted by Crippen LogP contribution is -2.37. The van der Waals surface area contributed by atoms with E-state index in [0.29, 0.717) is 35.2 Å². The van der Waals surface area contributed by atoms with Crippen LogP contribution in [0, 0.1) is 0 Å². The van der Waals surface area contributed by atoms with Crippen molar-refractivity contribution in [2.45, 2.75) is 11.3 Å². The van der Waals surface area contributed by atoms with E-state index in [9.17, 15) is 13.2 Å². The van der Waals surface area contributed by atoms with Crippen LogP contribution in [-0.2, 0) is 14.6 Å². The fourth-order valence-corrected chi connectivity index (χ4v) is 5.36. The van der Waals surface area contributed by atoms with Crippen molar-refractivity contribution >= 4 is 54.8 Å². The topological polar surface area (TPSA) is 89.0 Å². The SMILES string of the molecule is COc1cc2nc(N(CCN(C)C)C(=O)CCS(=O)(=O)c3ccccc3)sc2cc1OC.Cl. The highest BCUT2D eigenvalue weighted by atomic mass is 35.5. The number of carbonyl (C=O) groups excluding carboxylic acids is 1. The van der Waals surface area contributed by atoms with Crippen LogP contribution in [0.3, 0.4) is 0 Å². The Morgan fingerprint density at radius 3 is 2.27 bits per heavy atom. The molecule has 0 aliphatic carbocycles. The number of likely N-dealkylation sites (N-methyl/N-ethyl adjacent to an activating group) is 1. The molecule has 0 saturated carbocycles. The third-order valence-electron chi connectivity index (χ3n) is 4.87. The molecule has 1 aromatic heterocycles. The first-order chi connectivity index (χ1) is 15.2. The van der Waals surface area contributed by atoms with Crippen LogP contribution in [0.5, 0.6) is 11.5 Å². The Balaban J connectivity index is 0.00000385. The van der Waals surface area contributed by atoms with Gasteiger partial charge in [-0.3, -0.25) is 9.69 Å². The molecular weight excluding hydrogens is 486 g/mol. The Morgan fingerprint density at radius 2 is 1.67 bits per heavy atom. The number of fused-ring (bicyclic) bond motifs is 1. The van der Waals surface area contributed by atoms with Gasteiger partial charge in [-0.2, -0.15) is 0 Å². The number of halogens is 1. The Hall–Kier alpha value is -2.40. The fourth-order valence-electron chi connectivity index (χ4n) is 3.09. The molecule has 0 unspecified atom stereocenters. The van der Waals surface area contributed by atoms with Gasteiger partial charge in [-0.15, -0.1) is 12.4 Å². The van der Waals surface area contributed by atoms with Gasteiger partial charge in [0.1, 0.15) is 0 Å². The number of carbonyl (C=O) groups is 1. The number of methoxy groups -OCH3 is 2. The summed E-state index contributed by atoms with van der Waals surface area (Å²) in [4.78, 5) is 21.5. The number of hydrogen-bond acceptors (Lipinski definition) is 8. The van der Waals surface area contributed by atoms with E-state index < -0.39 is 9.84 Å². The third kappa shape index (κ3) is 6.57. The molecule has 1 amide bonds. The number of hydrogen-bond donors (Lipinski definition) is 0. The van der Waals surface area contributed by atoms with Crippen LogP contribution in [0.2, 0.25) is 0 Å². The van der Waals surface area contributed by atoms with Crippen molar-refractivity contribution in [3.8, 4) is 11.5 Å². The van der Waals surface area contributed by atoms with E-state index in [1.165, 1.54) is 23.5 Å². The van der Waals surface area contributed by atoms with Gasteiger partial charge in [0.25, 0.3) is 0 Å². The lowest BCUT2D eigenvalue weighted by atomic mass is 10.3. The highest BCUT2D eigenvalue weighted by Crippen LogP contribution is 2.37. The van der Waals surface area contributed by atoms with Crippen LogP contribution in [0.25, 0.3) is 10.2 Å². The second-order valence-corrected chi connectivity index (χ2v) is 10.5. The average Bonchev–Trinajstić information content (AvgIpc) is 3.19. The predicted molar refractivity (Wildman–Crippen MR) is 134 cm³/mol. The molecule has 0 spiro atoms. The molecule has 3 aromatic rings. The zero-order chi connectivity index (χ0) is 23.3. The lowest BCUT2D eigenvalue weighted by Gasteiger charge is -2.22. The molecule has 0 aliphatic heterocycles. The average molecular weight is 514 g/mol. The van der Waals surface area contributed by atoms with Gasteiger partial charge in [0.05, 0.1) is 35.1 Å². The highest BCUT2D eigenvalue weighted by molar-refractivity contribution is 7.91. The Bertz CT molecular complexity index is 1140. The van der Waals surface area contributed by atoms with E-state index in [1.54, 1.807) is 43.4 Å². The molecule has 8 nitrogen and oxygen atoms in total. The van der Waals surface area contributed by atoms with Gasteiger partial charge in [-0.1, -0.05) is 29.5 Å². The number of ether oxygens (including phenoxy) is 2. The van der Waals surface area contributed by atoms with Gasteiger partial charge in [-0.25, -0.2) is 13.4 Å². The van der Waals surface area contributed by atoms with E-state index in [1.807, 2.05) is 25.1 Å². The maximum atomic E-state index is 13.1. The van der Waals surface area contributed by atoms with E-state index in [2.05, 4.69) is 4.98 Å². The van der Waals surface area contributed by atoms with Gasteiger partial charge >= 0.3 is 0 Å². The van der Waals surface area contributed by atoms with Crippen molar-refractivity contribution < 1.29 is 22.7 Å². The minimum atomic E-state index is -3.55. The van der Waals surface area contributed by atoms with Crippen LogP contribution < -0.4 is 14.4 Å². The van der Waals surface area contributed by atoms with Crippen molar-refractivity contribution in [2.75, 3.05) is 52.1 Å². The molecule has 11 heteroatoms. The molecule has 0 saturated heterocycles. The second-order valence-electron chi connectivity index (χ2n) is 7.40. The van der Waals surface area contributed by atoms with Crippen molar-refractivity contribution in [3.05, 3.63) is 42.5 Å². The Kier molecular flexibility index (Phi) is 9.47. The summed E-state index contributed by atoms with van der Waals surface area (Å²) < 4.78 is 36.8. The summed E-state index contributed by atoms with van der Waals surface area (Å²) in [5, 5.41) is 0.513. The Labute approximate surface area is 204 Å². The zero-order valence-electron chi connectivity index (χ0n) is 19.0. The maximum absolute atomic E-state index is 13.1. The number of amides is 1. The van der Waals surface area contributed by atoms with Crippen molar-refractivity contribution in [1.82, 2.24) is 9.88 Å². The molecular formula is C22H28ClN3O5S2. The van der Waals surface area contributed by atoms with Gasteiger partial charge in [0.15, 0.2) is 26.5 Å². The second kappa shape index (κ2) is 11.6. The van der Waals surface area contributed by atoms with Crippen molar-refractivity contribution in [3.63, 3.8) is 0 Å². The third-order valence-corrected chi connectivity index (χ3v) is 7.65. The fraction of sp³-hybridized carbons (Fsp3) is 0.364. The number of rotatable bonds is 10. The van der Waals surface area contributed by atoms with E-state index in [-0.39, 0.29) is 35.4 Å². The number of anilines is 1. The van der Waals surface area contributed by atoms with Crippen molar-refractivity contribution in [1.29, 1.82) is 0 Å². The molecule has 0 aliphatic rings. The lowest BCUT2D eigenvalue weighted by molar-refractivity contribution is -0.118. The molecule has 3 rings (SSSR count). The minimum absolute atomic E-state index is 0. The van der Waals surface area contributed by atoms with Crippen molar-refractivity contribution in [2.24, 2.45) is 0 Å². The Morgan fingerprint density at radius 1 is 1.03 bits per heavy atom. The van der Waals surface area contributed by atoms with Gasteiger partial charge in [-0.05, 0) is 26.2 Å². The minimum Gasteiger partial charge on any atom is -0.493 e. The smallest absolute Gasteiger partial charge is 0.229 e. The largest absolute Gasteiger partial charge is 0.493 e. The molecule has 2 aromatic carbocycles. The molecule has 33 heavy (non-hydrogen) atoms. The highest BCUT2D eigenvalue weighted by Gasteiger charge is 2.24. The summed E-state index contributed by atoms with van der Waals surface area (Å²) in [5.41, 5.74) is 0.683. The quantitative estimate of drug-likeness (QED) is 0.410. The van der Waals surface area contributed by atoms with E-state index in [4.69, 9.17) is 9.47 Å². The summed E-state index contributed by atoms with van der Waals surface area (Å²) in [6.45, 7) is 1.01. The van der Waals surface area contributed by atoms with Crippen LogP contribution >= 0.6 is 23.7 Å². The summed E-state index contributed by atoms with van der Waals surface area (Å²) in [6, 6.07) is 11.8. The van der Waals surface area contributed by atoms with Crippen LogP contribution in [-0.4, -0.2) is 71.4 Å². The van der Waals surface area contributed by atoms with Gasteiger partial charge in [0.2, 0.25) is 5.91 Å². The molecule has 180 valence electrons. The normalized spacial score (nSPS) is 11.3. The van der Waals surface area contributed by atoms with Gasteiger partial charge < -0.3 is 14.4 Å². The summed E-state index contributed by atoms with van der Waals surface area (Å²) in [7, 11) is 3.39. The molecule has 0 N–H and O–H groups in total. The molecule has 0 atom stereocenters. The first-order valence-corrected chi connectivity index (χ1v) is 12.5. The first-order valence-electron chi connectivity index (χ1n) is 10.0. The number of sulfone groups is 1. The number of aromatic nitrogens is 1. The zero-order valence-corrected chi connectivity index (χ0v) is 21.4.